The minimum Gasteiger partial charge on any atom is -0.494 e. The predicted octanol–water partition coefficient (Wildman–Crippen LogP) is 11.1. The summed E-state index contributed by atoms with van der Waals surface area (Å²) in [5.41, 5.74) is 6.97. The van der Waals surface area contributed by atoms with Gasteiger partial charge in [-0.25, -0.2) is 4.68 Å². The van der Waals surface area contributed by atoms with Crippen LogP contribution in [-0.2, 0) is 22.7 Å². The van der Waals surface area contributed by atoms with Gasteiger partial charge >= 0.3 is 0 Å². The number of amides is 2. The maximum Gasteiger partial charge on any atom is 0.246 e. The molecule has 63 heavy (non-hydrogen) atoms. The van der Waals surface area contributed by atoms with Crippen LogP contribution in [0.1, 0.15) is 41.0 Å². The summed E-state index contributed by atoms with van der Waals surface area (Å²) in [6.07, 6.45) is 5.04. The first-order chi connectivity index (χ1) is 30.1. The Labute approximate surface area is 378 Å². The molecule has 0 atom stereocenters. The first kappa shape index (κ1) is 47.2. The van der Waals surface area contributed by atoms with Crippen LogP contribution in [0.2, 0.25) is 10.0 Å². The van der Waals surface area contributed by atoms with Crippen molar-refractivity contribution in [2.45, 2.75) is 54.1 Å². The number of amidine groups is 1. The lowest BCUT2D eigenvalue weighted by Gasteiger charge is -2.15. The van der Waals surface area contributed by atoms with Crippen molar-refractivity contribution in [2.75, 3.05) is 13.2 Å². The molecule has 3 heterocycles. The molecule has 4 aromatic carbocycles. The molecule has 0 saturated heterocycles. The summed E-state index contributed by atoms with van der Waals surface area (Å²) < 4.78 is 16.5. The number of nitrogens with one attached hydrogen (secondary N) is 4. The lowest BCUT2D eigenvalue weighted by atomic mass is 10.1. The second kappa shape index (κ2) is 22.8. The number of aromatic nitrogens is 4. The van der Waals surface area contributed by atoms with E-state index in [2.05, 4.69) is 29.6 Å². The van der Waals surface area contributed by atoms with Crippen LogP contribution in [0.15, 0.2) is 140 Å². The van der Waals surface area contributed by atoms with Crippen molar-refractivity contribution in [1.82, 2.24) is 29.5 Å². The summed E-state index contributed by atoms with van der Waals surface area (Å²) >= 11 is 12.9. The van der Waals surface area contributed by atoms with Crippen molar-refractivity contribution in [3.63, 3.8) is 0 Å². The molecule has 0 bridgehead atoms. The SMILES string of the molecule is C.CCCOc1ccc(-c2ccc(-c3ccccc3Cl)n2CC(=O)NC(=N)n2cccn2)cc1.CCCOc1ccc(-c2ccc(-c3ccccc3Cl)n2CC(=O)NC(C)=N)cc1. The van der Waals surface area contributed by atoms with Gasteiger partial charge < -0.3 is 23.9 Å². The third kappa shape index (κ3) is 12.4. The van der Waals surface area contributed by atoms with Gasteiger partial charge in [0.05, 0.1) is 30.4 Å². The van der Waals surface area contributed by atoms with Crippen LogP contribution < -0.4 is 20.1 Å². The molecule has 0 spiro atoms. The van der Waals surface area contributed by atoms with E-state index in [0.29, 0.717) is 23.3 Å². The number of benzene rings is 4. The number of halogens is 2. The quantitative estimate of drug-likeness (QED) is 0.0633. The largest absolute Gasteiger partial charge is 0.494 e. The Bertz CT molecular complexity index is 2620. The Balaban J connectivity index is 0.000000236. The van der Waals surface area contributed by atoms with Gasteiger partial charge in [0.1, 0.15) is 24.6 Å². The highest BCUT2D eigenvalue weighted by Crippen LogP contribution is 2.35. The van der Waals surface area contributed by atoms with Crippen LogP contribution in [0.25, 0.3) is 45.0 Å². The molecular formula is C49H52Cl2N8O4. The third-order valence-electron chi connectivity index (χ3n) is 9.43. The van der Waals surface area contributed by atoms with Gasteiger partial charge in [0.15, 0.2) is 0 Å². The van der Waals surface area contributed by atoms with E-state index >= 15 is 0 Å². The fourth-order valence-electron chi connectivity index (χ4n) is 6.64. The molecule has 3 aromatic heterocycles. The third-order valence-corrected chi connectivity index (χ3v) is 10.1. The molecular weight excluding hydrogens is 835 g/mol. The minimum atomic E-state index is -0.343. The highest BCUT2D eigenvalue weighted by atomic mass is 35.5. The average Bonchev–Trinajstić information content (AvgIpc) is 4.05. The van der Waals surface area contributed by atoms with Crippen molar-refractivity contribution in [3.8, 4) is 56.5 Å². The van der Waals surface area contributed by atoms with Gasteiger partial charge in [0, 0.05) is 45.0 Å². The van der Waals surface area contributed by atoms with E-state index in [1.54, 1.807) is 25.4 Å². The van der Waals surface area contributed by atoms with Crippen molar-refractivity contribution < 1.29 is 19.1 Å². The Morgan fingerprint density at radius 1 is 0.603 bits per heavy atom. The summed E-state index contributed by atoms with van der Waals surface area (Å²) in [5, 5.41) is 25.9. The van der Waals surface area contributed by atoms with E-state index in [9.17, 15) is 9.59 Å². The van der Waals surface area contributed by atoms with Crippen LogP contribution in [0.3, 0.4) is 0 Å². The topological polar surface area (TPSA) is 152 Å². The summed E-state index contributed by atoms with van der Waals surface area (Å²) in [6.45, 7) is 7.09. The van der Waals surface area contributed by atoms with Crippen molar-refractivity contribution in [2.24, 2.45) is 0 Å². The maximum atomic E-state index is 12.9. The molecule has 0 saturated carbocycles. The number of hydrogen-bond acceptors (Lipinski definition) is 7. The standard InChI is InChI=1S/C25H24ClN5O2.C23H24ClN3O2.CH4/c1-2-16-33-19-10-8-18(9-11-19)22-12-13-23(20-6-3-4-7-21(20)26)30(22)17-24(32)29-25(27)31-15-5-14-28-31;1-3-14-29-18-10-8-17(9-11-18)21-12-13-22(19-6-4-5-7-20(19)24)27(21)15-23(28)26-16(2)25;/h3-15H,2,16-17H2,1H3,(H2,27,29,32);4-13H,3,14-15H2,1-2H3,(H2,25,26,28);1H4. The van der Waals surface area contributed by atoms with E-state index in [1.807, 2.05) is 130 Å². The highest BCUT2D eigenvalue weighted by Gasteiger charge is 2.19. The number of carbonyl (C=O) groups is 2. The molecule has 14 heteroatoms. The minimum absolute atomic E-state index is 0. The lowest BCUT2D eigenvalue weighted by Crippen LogP contribution is -2.37. The first-order valence-corrected chi connectivity index (χ1v) is 20.9. The Morgan fingerprint density at radius 2 is 1.03 bits per heavy atom. The zero-order valence-electron chi connectivity index (χ0n) is 34.7. The summed E-state index contributed by atoms with van der Waals surface area (Å²) in [4.78, 5) is 25.3. The van der Waals surface area contributed by atoms with Crippen LogP contribution >= 0.6 is 23.2 Å². The molecule has 0 unspecified atom stereocenters. The monoisotopic (exact) mass is 886 g/mol. The molecule has 4 N–H and O–H groups in total. The predicted molar refractivity (Wildman–Crippen MR) is 254 cm³/mol. The van der Waals surface area contributed by atoms with Crippen molar-refractivity contribution in [1.29, 1.82) is 10.8 Å². The van der Waals surface area contributed by atoms with Gasteiger partial charge in [-0.3, -0.25) is 25.7 Å². The van der Waals surface area contributed by atoms with E-state index in [1.165, 1.54) is 4.68 Å². The molecule has 0 aliphatic rings. The molecule has 0 aliphatic carbocycles. The second-order valence-electron chi connectivity index (χ2n) is 14.1. The smallest absolute Gasteiger partial charge is 0.246 e. The molecule has 0 radical (unpaired) electrons. The lowest BCUT2D eigenvalue weighted by molar-refractivity contribution is -0.121. The number of rotatable bonds is 14. The summed E-state index contributed by atoms with van der Waals surface area (Å²) in [5.74, 6) is 1.01. The summed E-state index contributed by atoms with van der Waals surface area (Å²) in [6, 6.07) is 40.2. The summed E-state index contributed by atoms with van der Waals surface area (Å²) in [7, 11) is 0. The van der Waals surface area contributed by atoms with Gasteiger partial charge in [-0.1, -0.05) is 80.9 Å². The molecule has 7 aromatic rings. The first-order valence-electron chi connectivity index (χ1n) is 20.1. The number of nitrogens with zero attached hydrogens (tertiary/aromatic N) is 4. The van der Waals surface area contributed by atoms with Crippen LogP contribution in [0.5, 0.6) is 11.5 Å². The second-order valence-corrected chi connectivity index (χ2v) is 14.9. The number of ether oxygens (including phenoxy) is 2. The van der Waals surface area contributed by atoms with Crippen LogP contribution in [-0.4, -0.2) is 55.7 Å². The van der Waals surface area contributed by atoms with E-state index < -0.39 is 0 Å². The van der Waals surface area contributed by atoms with Gasteiger partial charge in [-0.2, -0.15) is 5.10 Å². The molecule has 326 valence electrons. The Hall–Kier alpha value is -6.89. The average molecular weight is 888 g/mol. The molecule has 7 rings (SSSR count). The molecule has 2 amide bonds. The fourth-order valence-corrected chi connectivity index (χ4v) is 7.10. The Kier molecular flexibility index (Phi) is 17.1. The van der Waals surface area contributed by atoms with E-state index in [4.69, 9.17) is 43.5 Å². The fraction of sp³-hybridized carbons (Fsp3) is 0.204. The maximum absolute atomic E-state index is 12.9. The van der Waals surface area contributed by atoms with Crippen LogP contribution in [0.4, 0.5) is 0 Å². The van der Waals surface area contributed by atoms with E-state index in [0.717, 1.165) is 69.4 Å². The normalized spacial score (nSPS) is 10.5. The molecule has 0 aliphatic heterocycles. The van der Waals surface area contributed by atoms with E-state index in [-0.39, 0.29) is 44.1 Å². The molecule has 0 fully saturated rings. The Morgan fingerprint density at radius 3 is 1.43 bits per heavy atom. The van der Waals surface area contributed by atoms with Crippen molar-refractivity contribution >= 4 is 46.8 Å². The van der Waals surface area contributed by atoms with Gasteiger partial charge in [-0.05, 0) is 122 Å². The number of carbonyl (C=O) groups excluding carboxylic acids is 2. The van der Waals surface area contributed by atoms with Gasteiger partial charge in [0.2, 0.25) is 17.8 Å². The van der Waals surface area contributed by atoms with Gasteiger partial charge in [0.25, 0.3) is 0 Å². The van der Waals surface area contributed by atoms with Crippen LogP contribution in [0, 0.1) is 10.8 Å². The highest BCUT2D eigenvalue weighted by molar-refractivity contribution is 6.33. The van der Waals surface area contributed by atoms with Crippen molar-refractivity contribution in [3.05, 3.63) is 150 Å². The van der Waals surface area contributed by atoms with Gasteiger partial charge in [-0.15, -0.1) is 0 Å². The zero-order chi connectivity index (χ0) is 44.0. The number of hydrogen-bond donors (Lipinski definition) is 4. The zero-order valence-corrected chi connectivity index (χ0v) is 36.2. The molecule has 12 nitrogen and oxygen atoms in total.